The molecular weight excluding hydrogens is 831 g/mol. The molecule has 0 bridgehead atoms. The lowest BCUT2D eigenvalue weighted by molar-refractivity contribution is -0.256. The number of oxime groups is 1. The lowest BCUT2D eigenvalue weighted by Gasteiger charge is -2.59. The van der Waals surface area contributed by atoms with Crippen molar-refractivity contribution < 1.29 is 53.1 Å². The average molecular weight is 892 g/mol. The van der Waals surface area contributed by atoms with Gasteiger partial charge in [-0.05, 0) is 96.7 Å². The van der Waals surface area contributed by atoms with Gasteiger partial charge in [-0.2, -0.15) is 0 Å². The second-order valence-electron chi connectivity index (χ2n) is 16.5. The van der Waals surface area contributed by atoms with Crippen molar-refractivity contribution in [3.05, 3.63) is 114 Å². The average Bonchev–Trinajstić information content (AvgIpc) is 3.33. The fraction of sp³-hybridized carbons (Fsp3) is 0.431. The van der Waals surface area contributed by atoms with E-state index < -0.39 is 29.9 Å². The van der Waals surface area contributed by atoms with Crippen LogP contribution in [0.1, 0.15) is 68.9 Å². The fourth-order valence-electron chi connectivity index (χ4n) is 10.0. The number of benzene rings is 4. The molecule has 0 aromatic heterocycles. The lowest BCUT2D eigenvalue weighted by Crippen LogP contribution is -2.70. The molecule has 0 saturated heterocycles. The molecule has 1 heterocycles. The number of ether oxygens (including phenoxy) is 6. The normalized spacial score (nSPS) is 22.4. The third-order valence-corrected chi connectivity index (χ3v) is 12.8. The van der Waals surface area contributed by atoms with Crippen molar-refractivity contribution >= 4 is 34.4 Å². The first-order valence-electron chi connectivity index (χ1n) is 22.5. The quantitative estimate of drug-likeness (QED) is 0.0440. The molecule has 0 spiro atoms. The number of allylic oxidation sites excluding steroid dienone is 1. The minimum absolute atomic E-state index is 0.00530. The Morgan fingerprint density at radius 1 is 0.938 bits per heavy atom. The Balaban J connectivity index is 1.41. The van der Waals surface area contributed by atoms with Crippen molar-refractivity contribution in [3.8, 4) is 23.0 Å². The zero-order valence-corrected chi connectivity index (χ0v) is 37.7. The smallest absolute Gasteiger partial charge is 0.417 e. The summed E-state index contributed by atoms with van der Waals surface area (Å²) >= 11 is 0. The standard InChI is InChI=1S/C51H61N3O11/c1-6-27-62-51-46(54(50(58)61-5)32-35-18-14-17-33-15-8-9-19-38(33)35)31-43(53-63-7-2)40-28-34(16-10-12-25-55)39(20-11-13-26-56)47(48(40)51)41-29-37(22-24-44(41)65-51)64-49(57)52-42-23-21-36(59-3)30-45(42)60-4/h6,8-9,14-15,17-19,21-24,28-30,34,39,46-48,55-56H,1,7,10-13,16,20,25-27,31-32H2,2-5H3,(H,52,57)/t34-,39+,46-,47+,48+,51+/m0/s1. The van der Waals surface area contributed by atoms with E-state index in [0.29, 0.717) is 48.1 Å². The summed E-state index contributed by atoms with van der Waals surface area (Å²) < 4.78 is 36.8. The SMILES string of the molecule is C=CCO[C@@]12Oc3ccc(OC(=O)Nc4ccc(OC)cc4OC)cc3[C@H]3[C@H](CCCCO)[C@@H](CCCCO)C=C(C(=NOCC)C[C@@H]1N(Cc1cccc4ccccc14)C(=O)OC)[C@H]32. The maximum atomic E-state index is 14.4. The van der Waals surface area contributed by atoms with E-state index >= 15 is 0 Å². The largest absolute Gasteiger partial charge is 0.497 e. The van der Waals surface area contributed by atoms with E-state index in [1.807, 2.05) is 55.5 Å². The van der Waals surface area contributed by atoms with E-state index in [0.717, 1.165) is 53.2 Å². The van der Waals surface area contributed by atoms with Crippen LogP contribution in [0.25, 0.3) is 10.8 Å². The van der Waals surface area contributed by atoms with Gasteiger partial charge in [0.2, 0.25) is 5.79 Å². The van der Waals surface area contributed by atoms with E-state index in [1.54, 1.807) is 48.4 Å². The minimum Gasteiger partial charge on any atom is -0.497 e. The molecule has 346 valence electrons. The van der Waals surface area contributed by atoms with Crippen LogP contribution in [-0.2, 0) is 20.9 Å². The van der Waals surface area contributed by atoms with Gasteiger partial charge in [-0.3, -0.25) is 10.2 Å². The first kappa shape index (κ1) is 46.9. The third-order valence-electron chi connectivity index (χ3n) is 12.8. The van der Waals surface area contributed by atoms with E-state index in [9.17, 15) is 19.8 Å². The van der Waals surface area contributed by atoms with Crippen molar-refractivity contribution in [1.82, 2.24) is 4.90 Å². The molecule has 4 aromatic rings. The zero-order valence-electron chi connectivity index (χ0n) is 37.7. The van der Waals surface area contributed by atoms with Crippen molar-refractivity contribution in [1.29, 1.82) is 0 Å². The maximum Gasteiger partial charge on any atom is 0.417 e. The highest BCUT2D eigenvalue weighted by Crippen LogP contribution is 2.62. The number of unbranched alkanes of at least 4 members (excludes halogenated alkanes) is 2. The van der Waals surface area contributed by atoms with Gasteiger partial charge in [0.1, 0.15) is 35.6 Å². The molecule has 4 aromatic carbocycles. The molecule has 7 rings (SSSR count). The van der Waals surface area contributed by atoms with Gasteiger partial charge in [0.15, 0.2) is 0 Å². The number of carbonyl (C=O) groups is 2. The van der Waals surface area contributed by atoms with Gasteiger partial charge in [-0.25, -0.2) is 9.59 Å². The van der Waals surface area contributed by atoms with Gasteiger partial charge >= 0.3 is 12.2 Å². The summed E-state index contributed by atoms with van der Waals surface area (Å²) in [7, 11) is 4.42. The van der Waals surface area contributed by atoms with Crippen LogP contribution >= 0.6 is 0 Å². The minimum atomic E-state index is -1.52. The van der Waals surface area contributed by atoms with Crippen molar-refractivity contribution in [3.63, 3.8) is 0 Å². The van der Waals surface area contributed by atoms with Crippen molar-refractivity contribution in [2.24, 2.45) is 22.9 Å². The highest BCUT2D eigenvalue weighted by Gasteiger charge is 2.65. The second-order valence-corrected chi connectivity index (χ2v) is 16.5. The fourth-order valence-corrected chi connectivity index (χ4v) is 10.0. The Hall–Kier alpha value is -6.09. The molecule has 14 nitrogen and oxygen atoms in total. The number of carbonyl (C=O) groups excluding carboxylic acids is 2. The van der Waals surface area contributed by atoms with E-state index in [-0.39, 0.29) is 56.3 Å². The summed E-state index contributed by atoms with van der Waals surface area (Å²) in [6.45, 7) is 6.59. The summed E-state index contributed by atoms with van der Waals surface area (Å²) in [6, 6.07) is 23.6. The predicted molar refractivity (Wildman–Crippen MR) is 248 cm³/mol. The second kappa shape index (κ2) is 21.7. The molecule has 1 aliphatic heterocycles. The lowest BCUT2D eigenvalue weighted by atomic mass is 9.55. The molecule has 2 aliphatic carbocycles. The van der Waals surface area contributed by atoms with Gasteiger partial charge in [0.05, 0.1) is 51.8 Å². The predicted octanol–water partition coefficient (Wildman–Crippen LogP) is 9.39. The number of hydrogen-bond acceptors (Lipinski definition) is 12. The molecule has 3 aliphatic rings. The Bertz CT molecular complexity index is 2360. The Labute approximate surface area is 380 Å². The van der Waals surface area contributed by atoms with Crippen LogP contribution in [0.5, 0.6) is 23.0 Å². The molecule has 0 unspecified atom stereocenters. The number of hydrogen-bond donors (Lipinski definition) is 3. The molecule has 14 heteroatoms. The molecule has 0 radical (unpaired) electrons. The van der Waals surface area contributed by atoms with Crippen LogP contribution in [0.15, 0.2) is 108 Å². The van der Waals surface area contributed by atoms with E-state index in [1.165, 1.54) is 14.2 Å². The number of amides is 2. The first-order valence-corrected chi connectivity index (χ1v) is 22.5. The highest BCUT2D eigenvalue weighted by molar-refractivity contribution is 6.03. The van der Waals surface area contributed by atoms with Gasteiger partial charge in [0.25, 0.3) is 0 Å². The molecule has 2 amide bonds. The Kier molecular flexibility index (Phi) is 15.7. The molecule has 65 heavy (non-hydrogen) atoms. The number of aliphatic hydroxyl groups is 2. The van der Waals surface area contributed by atoms with Crippen LogP contribution in [0.3, 0.4) is 0 Å². The topological polar surface area (TPSA) is 167 Å². The van der Waals surface area contributed by atoms with Crippen LogP contribution in [0.2, 0.25) is 0 Å². The zero-order chi connectivity index (χ0) is 45.9. The van der Waals surface area contributed by atoms with E-state index in [2.05, 4.69) is 18.0 Å². The monoisotopic (exact) mass is 891 g/mol. The van der Waals surface area contributed by atoms with Crippen LogP contribution in [0, 0.1) is 17.8 Å². The highest BCUT2D eigenvalue weighted by atomic mass is 16.7. The molecule has 3 N–H and O–H groups in total. The number of rotatable bonds is 20. The van der Waals surface area contributed by atoms with Gasteiger partial charge in [-0.1, -0.05) is 72.6 Å². The van der Waals surface area contributed by atoms with Crippen LogP contribution < -0.4 is 24.3 Å². The summed E-state index contributed by atoms with van der Waals surface area (Å²) in [6.07, 6.45) is 7.12. The summed E-state index contributed by atoms with van der Waals surface area (Å²) in [4.78, 5) is 35.6. The first-order chi connectivity index (χ1) is 31.7. The van der Waals surface area contributed by atoms with E-state index in [4.69, 9.17) is 38.4 Å². The number of methoxy groups -OCH3 is 3. The number of aliphatic hydroxyl groups excluding tert-OH is 2. The summed E-state index contributed by atoms with van der Waals surface area (Å²) in [5.41, 5.74) is 3.64. The molecular formula is C51H61N3O11. The third kappa shape index (κ3) is 9.95. The Morgan fingerprint density at radius 2 is 1.71 bits per heavy atom. The van der Waals surface area contributed by atoms with Crippen LogP contribution in [-0.4, -0.2) is 92.6 Å². The van der Waals surface area contributed by atoms with Crippen molar-refractivity contribution in [2.45, 2.75) is 76.2 Å². The number of nitrogens with one attached hydrogen (secondary N) is 1. The summed E-state index contributed by atoms with van der Waals surface area (Å²) in [5, 5.41) is 29.5. The van der Waals surface area contributed by atoms with Gasteiger partial charge < -0.3 is 43.5 Å². The maximum absolute atomic E-state index is 14.4. The molecule has 6 atom stereocenters. The van der Waals surface area contributed by atoms with Gasteiger partial charge in [-0.15, -0.1) is 6.58 Å². The van der Waals surface area contributed by atoms with Crippen LogP contribution in [0.4, 0.5) is 15.3 Å². The molecule has 1 saturated carbocycles. The number of anilines is 1. The number of nitrogens with zero attached hydrogens (tertiary/aromatic N) is 2. The van der Waals surface area contributed by atoms with Gasteiger partial charge in [0, 0.05) is 37.2 Å². The number of fused-ring (bicyclic) bond motifs is 3. The summed E-state index contributed by atoms with van der Waals surface area (Å²) in [5.74, 6) is -0.733. The molecule has 1 fully saturated rings. The Morgan fingerprint density at radius 3 is 2.45 bits per heavy atom. The van der Waals surface area contributed by atoms with Crippen molar-refractivity contribution in [2.75, 3.05) is 53.1 Å².